The molecule has 0 saturated heterocycles. The molecule has 6 heteroatoms. The monoisotopic (exact) mass is 343 g/mol. The third kappa shape index (κ3) is 5.39. The molecule has 1 aromatic rings. The minimum atomic E-state index is -3.00. The Morgan fingerprint density at radius 3 is 2.77 bits per heavy atom. The highest BCUT2D eigenvalue weighted by molar-refractivity contribution is 7.91. The van der Waals surface area contributed by atoms with Crippen LogP contribution in [0.4, 0.5) is 0 Å². The number of hydrogen-bond acceptors (Lipinski definition) is 4. The van der Waals surface area contributed by atoms with E-state index in [2.05, 4.69) is 24.4 Å². The van der Waals surface area contributed by atoms with Crippen molar-refractivity contribution in [3.63, 3.8) is 0 Å². The number of carbonyl (C=O) groups is 1. The standard InChI is InChI=1S/C16H25NO3S2/c1-12-9-10-14(21-12)6-4-8-16(18)17-13-5-3-7-15(11-13)22(2,19)20/h9-10,13,15H,3-8,11H2,1-2H3,(H,17,18)/t13-,15+/m1/s1. The number of sulfone groups is 1. The van der Waals surface area contributed by atoms with E-state index in [1.807, 2.05) is 0 Å². The number of hydrogen-bond donors (Lipinski definition) is 1. The number of nitrogens with one attached hydrogen (secondary N) is 1. The lowest BCUT2D eigenvalue weighted by Crippen LogP contribution is -2.41. The maximum Gasteiger partial charge on any atom is 0.220 e. The van der Waals surface area contributed by atoms with Crippen molar-refractivity contribution in [3.8, 4) is 0 Å². The van der Waals surface area contributed by atoms with Gasteiger partial charge in [0.1, 0.15) is 9.84 Å². The Balaban J connectivity index is 1.72. The van der Waals surface area contributed by atoms with Crippen LogP contribution in [0.25, 0.3) is 0 Å². The van der Waals surface area contributed by atoms with Crippen molar-refractivity contribution in [1.29, 1.82) is 0 Å². The van der Waals surface area contributed by atoms with Crippen LogP contribution in [-0.4, -0.2) is 31.9 Å². The van der Waals surface area contributed by atoms with Gasteiger partial charge >= 0.3 is 0 Å². The summed E-state index contributed by atoms with van der Waals surface area (Å²) < 4.78 is 23.3. The zero-order valence-corrected chi connectivity index (χ0v) is 14.9. The van der Waals surface area contributed by atoms with Crippen LogP contribution in [-0.2, 0) is 21.1 Å². The fourth-order valence-electron chi connectivity index (χ4n) is 3.01. The Bertz CT molecular complexity index is 607. The van der Waals surface area contributed by atoms with Gasteiger partial charge in [-0.05, 0) is 51.2 Å². The molecule has 0 aliphatic heterocycles. The predicted molar refractivity (Wildman–Crippen MR) is 91.0 cm³/mol. The van der Waals surface area contributed by atoms with Crippen molar-refractivity contribution < 1.29 is 13.2 Å². The van der Waals surface area contributed by atoms with Crippen molar-refractivity contribution in [2.45, 2.75) is 63.2 Å². The minimum absolute atomic E-state index is 0.0185. The highest BCUT2D eigenvalue weighted by Gasteiger charge is 2.29. The van der Waals surface area contributed by atoms with Crippen LogP contribution in [0.3, 0.4) is 0 Å². The van der Waals surface area contributed by atoms with E-state index in [9.17, 15) is 13.2 Å². The molecule has 1 aliphatic carbocycles. The molecule has 0 spiro atoms. The Kier molecular flexibility index (Phi) is 6.03. The van der Waals surface area contributed by atoms with Gasteiger partial charge in [0.2, 0.25) is 5.91 Å². The Morgan fingerprint density at radius 1 is 1.36 bits per heavy atom. The first-order valence-corrected chi connectivity index (χ1v) is 10.7. The van der Waals surface area contributed by atoms with E-state index < -0.39 is 9.84 Å². The second kappa shape index (κ2) is 7.59. The molecule has 1 aromatic heterocycles. The molecule has 1 amide bonds. The summed E-state index contributed by atoms with van der Waals surface area (Å²) in [6.07, 6.45) is 6.63. The average molecular weight is 344 g/mol. The van der Waals surface area contributed by atoms with Gasteiger partial charge in [0.15, 0.2) is 0 Å². The van der Waals surface area contributed by atoms with Crippen molar-refractivity contribution in [3.05, 3.63) is 21.9 Å². The lowest BCUT2D eigenvalue weighted by molar-refractivity contribution is -0.122. The maximum atomic E-state index is 12.0. The summed E-state index contributed by atoms with van der Waals surface area (Å²) in [7, 11) is -3.00. The average Bonchev–Trinajstić information content (AvgIpc) is 2.84. The molecule has 2 atom stereocenters. The summed E-state index contributed by atoms with van der Waals surface area (Å²) in [5.74, 6) is 0.0485. The third-order valence-corrected chi connectivity index (χ3v) is 6.92. The molecule has 4 nitrogen and oxygen atoms in total. The normalized spacial score (nSPS) is 22.5. The number of carbonyl (C=O) groups excluding carboxylic acids is 1. The van der Waals surface area contributed by atoms with Gasteiger partial charge in [-0.3, -0.25) is 4.79 Å². The van der Waals surface area contributed by atoms with Crippen LogP contribution in [0, 0.1) is 6.92 Å². The van der Waals surface area contributed by atoms with Crippen molar-refractivity contribution in [2.24, 2.45) is 0 Å². The van der Waals surface area contributed by atoms with Gasteiger partial charge in [-0.15, -0.1) is 11.3 Å². The lowest BCUT2D eigenvalue weighted by Gasteiger charge is -2.28. The number of aryl methyl sites for hydroxylation is 2. The second-order valence-electron chi connectivity index (χ2n) is 6.25. The van der Waals surface area contributed by atoms with Crippen molar-refractivity contribution >= 4 is 27.1 Å². The van der Waals surface area contributed by atoms with Crippen LogP contribution in [0.1, 0.15) is 48.3 Å². The molecule has 2 rings (SSSR count). The Morgan fingerprint density at radius 2 is 2.14 bits per heavy atom. The van der Waals surface area contributed by atoms with E-state index in [4.69, 9.17) is 0 Å². The first-order valence-electron chi connectivity index (χ1n) is 7.88. The number of amides is 1. The van der Waals surface area contributed by atoms with Crippen LogP contribution >= 0.6 is 11.3 Å². The second-order valence-corrected chi connectivity index (χ2v) is 9.95. The first-order chi connectivity index (χ1) is 10.3. The number of rotatable bonds is 6. The van der Waals surface area contributed by atoms with E-state index in [0.29, 0.717) is 12.8 Å². The first kappa shape index (κ1) is 17.5. The van der Waals surface area contributed by atoms with Crippen LogP contribution in [0.15, 0.2) is 12.1 Å². The van der Waals surface area contributed by atoms with Crippen molar-refractivity contribution in [1.82, 2.24) is 5.32 Å². The third-order valence-electron chi connectivity index (χ3n) is 4.22. The Hall–Kier alpha value is -0.880. The summed E-state index contributed by atoms with van der Waals surface area (Å²) >= 11 is 1.78. The SMILES string of the molecule is Cc1ccc(CCCC(=O)N[C@@H]2CCC[C@H](S(C)(=O)=O)C2)s1. The van der Waals surface area contributed by atoms with E-state index in [0.717, 1.165) is 32.1 Å². The maximum absolute atomic E-state index is 12.0. The van der Waals surface area contributed by atoms with Crippen LogP contribution in [0.2, 0.25) is 0 Å². The van der Waals surface area contributed by atoms with E-state index in [1.165, 1.54) is 16.0 Å². The number of thiophene rings is 1. The highest BCUT2D eigenvalue weighted by Crippen LogP contribution is 2.24. The van der Waals surface area contributed by atoms with Gasteiger partial charge in [-0.2, -0.15) is 0 Å². The van der Waals surface area contributed by atoms with Gasteiger partial charge in [0, 0.05) is 28.5 Å². The molecule has 0 bridgehead atoms. The molecule has 22 heavy (non-hydrogen) atoms. The molecular weight excluding hydrogens is 318 g/mol. The van der Waals surface area contributed by atoms with E-state index in [1.54, 1.807) is 11.3 Å². The van der Waals surface area contributed by atoms with Gasteiger partial charge in [0.25, 0.3) is 0 Å². The zero-order chi connectivity index (χ0) is 16.2. The molecule has 1 N–H and O–H groups in total. The molecule has 0 unspecified atom stereocenters. The summed E-state index contributed by atoms with van der Waals surface area (Å²) in [5, 5.41) is 2.72. The van der Waals surface area contributed by atoms with Gasteiger partial charge in [-0.1, -0.05) is 6.42 Å². The summed E-state index contributed by atoms with van der Waals surface area (Å²) in [6.45, 7) is 2.09. The molecule has 124 valence electrons. The van der Waals surface area contributed by atoms with Crippen LogP contribution in [0.5, 0.6) is 0 Å². The molecule has 1 aliphatic rings. The quantitative estimate of drug-likeness (QED) is 0.864. The summed E-state index contributed by atoms with van der Waals surface area (Å²) in [4.78, 5) is 14.6. The highest BCUT2D eigenvalue weighted by atomic mass is 32.2. The van der Waals surface area contributed by atoms with Gasteiger partial charge < -0.3 is 5.32 Å². The molecule has 0 aromatic carbocycles. The smallest absolute Gasteiger partial charge is 0.220 e. The Labute approximate surface area is 137 Å². The minimum Gasteiger partial charge on any atom is -0.353 e. The summed E-state index contributed by atoms with van der Waals surface area (Å²) in [5.41, 5.74) is 0. The molecule has 1 saturated carbocycles. The molecule has 1 heterocycles. The largest absolute Gasteiger partial charge is 0.353 e. The van der Waals surface area contributed by atoms with Gasteiger partial charge in [-0.25, -0.2) is 8.42 Å². The van der Waals surface area contributed by atoms with E-state index >= 15 is 0 Å². The molecular formula is C16H25NO3S2. The zero-order valence-electron chi connectivity index (χ0n) is 13.3. The lowest BCUT2D eigenvalue weighted by atomic mass is 9.95. The topological polar surface area (TPSA) is 63.2 Å². The van der Waals surface area contributed by atoms with E-state index in [-0.39, 0.29) is 17.2 Å². The van der Waals surface area contributed by atoms with Crippen molar-refractivity contribution in [2.75, 3.05) is 6.26 Å². The van der Waals surface area contributed by atoms with Gasteiger partial charge in [0.05, 0.1) is 5.25 Å². The summed E-state index contributed by atoms with van der Waals surface area (Å²) in [6, 6.07) is 4.24. The van der Waals surface area contributed by atoms with Crippen LogP contribution < -0.4 is 5.32 Å². The molecule has 1 fully saturated rings. The fourth-order valence-corrected chi connectivity index (χ4v) is 5.12. The fraction of sp³-hybridized carbons (Fsp3) is 0.688. The predicted octanol–water partition coefficient (Wildman–Crippen LogP) is 2.85. The molecule has 0 radical (unpaired) electrons.